The number of thiophene rings is 1. The van der Waals surface area contributed by atoms with Gasteiger partial charge >= 0.3 is 0 Å². The van der Waals surface area contributed by atoms with Crippen LogP contribution < -0.4 is 0 Å². The molecule has 0 radical (unpaired) electrons. The van der Waals surface area contributed by atoms with Crippen molar-refractivity contribution >= 4 is 23.0 Å². The highest BCUT2D eigenvalue weighted by Crippen LogP contribution is 2.18. The molecule has 1 atom stereocenters. The smallest absolute Gasteiger partial charge is 0.223 e. The number of ketones is 1. The minimum Gasteiger partial charge on any atom is -0.377 e. The predicted molar refractivity (Wildman–Crippen MR) is 94.6 cm³/mol. The third-order valence-corrected chi connectivity index (χ3v) is 5.83. The van der Waals surface area contributed by atoms with Crippen LogP contribution in [0.1, 0.15) is 40.2 Å². The Labute approximate surface area is 147 Å². The summed E-state index contributed by atoms with van der Waals surface area (Å²) in [4.78, 5) is 30.6. The average molecular weight is 350 g/mol. The summed E-state index contributed by atoms with van der Waals surface area (Å²) in [6, 6.07) is 3.81. The zero-order valence-corrected chi connectivity index (χ0v) is 15.1. The third-order valence-electron chi connectivity index (χ3n) is 4.79. The SMILES string of the molecule is Cc1ccc(C(=O)CCC(=O)N2CCN(CC3CCCO3)CC2)s1. The molecule has 0 N–H and O–H groups in total. The molecule has 2 aliphatic rings. The summed E-state index contributed by atoms with van der Waals surface area (Å²) >= 11 is 1.51. The topological polar surface area (TPSA) is 49.9 Å². The van der Waals surface area contributed by atoms with E-state index < -0.39 is 0 Å². The summed E-state index contributed by atoms with van der Waals surface area (Å²) in [6.45, 7) is 7.20. The van der Waals surface area contributed by atoms with E-state index in [4.69, 9.17) is 4.74 Å². The molecule has 0 spiro atoms. The standard InChI is InChI=1S/C18H26N2O3S/c1-14-4-6-17(24-14)16(21)5-7-18(22)20-10-8-19(9-11-20)13-15-3-2-12-23-15/h4,6,15H,2-3,5,7-13H2,1H3. The normalized spacial score (nSPS) is 22.0. The molecule has 3 heterocycles. The van der Waals surface area contributed by atoms with Gasteiger partial charge in [0.05, 0.1) is 11.0 Å². The first-order valence-electron chi connectivity index (χ1n) is 8.83. The molecule has 3 rings (SSSR count). The average Bonchev–Trinajstić information content (AvgIpc) is 3.24. The Morgan fingerprint density at radius 3 is 2.62 bits per heavy atom. The molecule has 0 bridgehead atoms. The largest absolute Gasteiger partial charge is 0.377 e. The number of piperazine rings is 1. The lowest BCUT2D eigenvalue weighted by Crippen LogP contribution is -2.50. The molecular formula is C18H26N2O3S. The van der Waals surface area contributed by atoms with Crippen LogP contribution in [-0.2, 0) is 9.53 Å². The van der Waals surface area contributed by atoms with Crippen LogP contribution in [0.5, 0.6) is 0 Å². The van der Waals surface area contributed by atoms with Crippen LogP contribution in [0.3, 0.4) is 0 Å². The van der Waals surface area contributed by atoms with Crippen LogP contribution in [0.4, 0.5) is 0 Å². The zero-order chi connectivity index (χ0) is 16.9. The molecule has 1 amide bonds. The Balaban J connectivity index is 1.38. The number of hydrogen-bond donors (Lipinski definition) is 0. The van der Waals surface area contributed by atoms with Crippen molar-refractivity contribution in [1.82, 2.24) is 9.80 Å². The molecule has 0 saturated carbocycles. The summed E-state index contributed by atoms with van der Waals surface area (Å²) in [5.74, 6) is 0.187. The molecular weight excluding hydrogens is 324 g/mol. The van der Waals surface area contributed by atoms with Crippen molar-refractivity contribution in [3.63, 3.8) is 0 Å². The number of Topliss-reactive ketones (excluding diaryl/α,β-unsaturated/α-hetero) is 1. The maximum atomic E-state index is 12.3. The summed E-state index contributed by atoms with van der Waals surface area (Å²) in [7, 11) is 0. The Morgan fingerprint density at radius 1 is 1.21 bits per heavy atom. The minimum atomic E-state index is 0.0819. The number of rotatable bonds is 6. The van der Waals surface area contributed by atoms with Crippen LogP contribution in [-0.4, -0.2) is 66.9 Å². The molecule has 5 nitrogen and oxygen atoms in total. The lowest BCUT2D eigenvalue weighted by atomic mass is 10.1. The quantitative estimate of drug-likeness (QED) is 0.739. The van der Waals surface area contributed by atoms with Crippen LogP contribution in [0.15, 0.2) is 12.1 Å². The minimum absolute atomic E-state index is 0.0819. The van der Waals surface area contributed by atoms with Crippen molar-refractivity contribution in [2.45, 2.75) is 38.7 Å². The van der Waals surface area contributed by atoms with E-state index in [1.54, 1.807) is 0 Å². The number of hydrogen-bond acceptors (Lipinski definition) is 5. The molecule has 1 aromatic rings. The Hall–Kier alpha value is -1.24. The predicted octanol–water partition coefficient (Wildman–Crippen LogP) is 2.34. The van der Waals surface area contributed by atoms with Gasteiger partial charge in [-0.25, -0.2) is 0 Å². The first kappa shape index (κ1) is 17.6. The second-order valence-corrected chi connectivity index (χ2v) is 7.94. The number of carbonyl (C=O) groups is 2. The van der Waals surface area contributed by atoms with Gasteiger partial charge in [0.2, 0.25) is 5.91 Å². The molecule has 0 aliphatic carbocycles. The van der Waals surface area contributed by atoms with Crippen LogP contribution in [0.2, 0.25) is 0 Å². The monoisotopic (exact) mass is 350 g/mol. The van der Waals surface area contributed by atoms with Crippen molar-refractivity contribution < 1.29 is 14.3 Å². The van der Waals surface area contributed by atoms with E-state index in [9.17, 15) is 9.59 Å². The highest BCUT2D eigenvalue weighted by Gasteiger charge is 2.25. The summed E-state index contributed by atoms with van der Waals surface area (Å²) < 4.78 is 5.68. The van der Waals surface area contributed by atoms with Gasteiger partial charge in [0.15, 0.2) is 5.78 Å². The number of amides is 1. The molecule has 6 heteroatoms. The van der Waals surface area contributed by atoms with Gasteiger partial charge in [0.25, 0.3) is 0 Å². The van der Waals surface area contributed by atoms with Crippen molar-refractivity contribution in [3.8, 4) is 0 Å². The molecule has 1 aromatic heterocycles. The van der Waals surface area contributed by atoms with Crippen molar-refractivity contribution in [2.24, 2.45) is 0 Å². The lowest BCUT2D eigenvalue weighted by Gasteiger charge is -2.35. The van der Waals surface area contributed by atoms with Gasteiger partial charge in [-0.05, 0) is 31.9 Å². The van der Waals surface area contributed by atoms with Gasteiger partial charge in [-0.1, -0.05) is 0 Å². The van der Waals surface area contributed by atoms with Gasteiger partial charge in [-0.3, -0.25) is 14.5 Å². The van der Waals surface area contributed by atoms with Gasteiger partial charge in [0.1, 0.15) is 0 Å². The molecule has 24 heavy (non-hydrogen) atoms. The fraction of sp³-hybridized carbons (Fsp3) is 0.667. The van der Waals surface area contributed by atoms with E-state index in [1.165, 1.54) is 17.8 Å². The molecule has 1 unspecified atom stereocenters. The van der Waals surface area contributed by atoms with Crippen LogP contribution in [0, 0.1) is 6.92 Å². The molecule has 2 fully saturated rings. The van der Waals surface area contributed by atoms with E-state index in [-0.39, 0.29) is 11.7 Å². The van der Waals surface area contributed by atoms with Gasteiger partial charge in [0, 0.05) is 57.0 Å². The van der Waals surface area contributed by atoms with E-state index in [0.717, 1.165) is 55.5 Å². The van der Waals surface area contributed by atoms with Gasteiger partial charge in [-0.15, -0.1) is 11.3 Å². The van der Waals surface area contributed by atoms with Crippen LogP contribution >= 0.6 is 11.3 Å². The number of aryl methyl sites for hydroxylation is 1. The zero-order valence-electron chi connectivity index (χ0n) is 14.3. The number of carbonyl (C=O) groups excluding carboxylic acids is 2. The highest BCUT2D eigenvalue weighted by molar-refractivity contribution is 7.14. The second-order valence-electron chi connectivity index (χ2n) is 6.65. The number of ether oxygens (including phenoxy) is 1. The Kier molecular flexibility index (Phi) is 6.03. The summed E-state index contributed by atoms with van der Waals surface area (Å²) in [6.07, 6.45) is 3.33. The van der Waals surface area contributed by atoms with E-state index >= 15 is 0 Å². The first-order chi connectivity index (χ1) is 11.6. The maximum absolute atomic E-state index is 12.3. The van der Waals surface area contributed by atoms with Crippen molar-refractivity contribution in [2.75, 3.05) is 39.3 Å². The molecule has 2 saturated heterocycles. The Morgan fingerprint density at radius 2 is 2.00 bits per heavy atom. The van der Waals surface area contributed by atoms with Crippen molar-refractivity contribution in [1.29, 1.82) is 0 Å². The molecule has 0 aromatic carbocycles. The molecule has 2 aliphatic heterocycles. The molecule has 132 valence electrons. The Bertz CT molecular complexity index is 573. The van der Waals surface area contributed by atoms with E-state index in [1.807, 2.05) is 24.0 Å². The second kappa shape index (κ2) is 8.23. The van der Waals surface area contributed by atoms with Gasteiger partial charge < -0.3 is 9.64 Å². The van der Waals surface area contributed by atoms with E-state index in [2.05, 4.69) is 4.90 Å². The summed E-state index contributed by atoms with van der Waals surface area (Å²) in [5, 5.41) is 0. The number of nitrogens with zero attached hydrogens (tertiary/aromatic N) is 2. The van der Waals surface area contributed by atoms with E-state index in [0.29, 0.717) is 18.9 Å². The lowest BCUT2D eigenvalue weighted by molar-refractivity contribution is -0.133. The highest BCUT2D eigenvalue weighted by atomic mass is 32.1. The summed E-state index contributed by atoms with van der Waals surface area (Å²) in [5.41, 5.74) is 0. The van der Waals surface area contributed by atoms with Crippen molar-refractivity contribution in [3.05, 3.63) is 21.9 Å². The fourth-order valence-corrected chi connectivity index (χ4v) is 4.18. The maximum Gasteiger partial charge on any atom is 0.223 e. The van der Waals surface area contributed by atoms with Crippen LogP contribution in [0.25, 0.3) is 0 Å². The first-order valence-corrected chi connectivity index (χ1v) is 9.65. The third kappa shape index (κ3) is 4.65. The fourth-order valence-electron chi connectivity index (χ4n) is 3.34. The van der Waals surface area contributed by atoms with Gasteiger partial charge in [-0.2, -0.15) is 0 Å².